The van der Waals surface area contributed by atoms with Gasteiger partial charge < -0.3 is 24.6 Å². The van der Waals surface area contributed by atoms with Gasteiger partial charge in [0.25, 0.3) is 0 Å². The van der Waals surface area contributed by atoms with Crippen LogP contribution >= 0.6 is 23.5 Å². The van der Waals surface area contributed by atoms with E-state index in [4.69, 9.17) is 9.47 Å². The first kappa shape index (κ1) is 41.8. The van der Waals surface area contributed by atoms with Gasteiger partial charge in [-0.05, 0) is 99.7 Å². The quantitative estimate of drug-likeness (QED) is 0.241. The van der Waals surface area contributed by atoms with Gasteiger partial charge in [-0.15, -0.1) is 23.5 Å². The van der Waals surface area contributed by atoms with Gasteiger partial charge in [-0.3, -0.25) is 19.2 Å². The van der Waals surface area contributed by atoms with Crippen molar-refractivity contribution in [2.45, 2.75) is 112 Å². The van der Waals surface area contributed by atoms with Crippen molar-refractivity contribution >= 4 is 59.0 Å². The maximum absolute atomic E-state index is 14.4. The first-order chi connectivity index (χ1) is 27.2. The molecule has 0 unspecified atom stereocenters. The Kier molecular flexibility index (Phi) is 14.9. The van der Waals surface area contributed by atoms with E-state index in [-0.39, 0.29) is 40.7 Å². The van der Waals surface area contributed by atoms with E-state index < -0.39 is 47.8 Å². The third-order valence-corrected chi connectivity index (χ3v) is 14.5. The molecule has 56 heavy (non-hydrogen) atoms. The zero-order valence-corrected chi connectivity index (χ0v) is 34.1. The molecule has 2 aromatic carbocycles. The van der Waals surface area contributed by atoms with Gasteiger partial charge in [-0.2, -0.15) is 0 Å². The van der Waals surface area contributed by atoms with Gasteiger partial charge >= 0.3 is 11.9 Å². The number of fused-ring (bicyclic) bond motifs is 2. The van der Waals surface area contributed by atoms with Crippen molar-refractivity contribution in [3.05, 3.63) is 71.8 Å². The summed E-state index contributed by atoms with van der Waals surface area (Å²) in [6.45, 7) is 0. The minimum atomic E-state index is -0.781. The average molecular weight is 806 g/mol. The van der Waals surface area contributed by atoms with Crippen molar-refractivity contribution < 1.29 is 38.2 Å². The van der Waals surface area contributed by atoms with Crippen LogP contribution < -0.4 is 5.32 Å². The van der Waals surface area contributed by atoms with Crippen LogP contribution in [0, 0.1) is 17.8 Å². The average Bonchev–Trinajstić information content (AvgIpc) is 3.48. The van der Waals surface area contributed by atoms with E-state index in [9.17, 15) is 28.8 Å². The molecular weight excluding hydrogens is 751 g/mol. The maximum atomic E-state index is 14.4. The fourth-order valence-electron chi connectivity index (χ4n) is 8.81. The number of hydrogen-bond acceptors (Lipinski definition) is 10. The fraction of sp³-hybridized carbons (Fsp3) is 0.581. The molecule has 0 spiro atoms. The van der Waals surface area contributed by atoms with Crippen LogP contribution in [-0.2, 0) is 51.1 Å². The number of amides is 3. The molecule has 302 valence electrons. The third-order valence-electron chi connectivity index (χ3n) is 11.8. The van der Waals surface area contributed by atoms with E-state index in [1.165, 1.54) is 14.2 Å². The number of carbonyl (C=O) groups is 6. The van der Waals surface area contributed by atoms with Crippen LogP contribution in [-0.4, -0.2) is 99.8 Å². The number of piperidine rings is 2. The van der Waals surface area contributed by atoms with Gasteiger partial charge in [0.2, 0.25) is 17.7 Å². The minimum Gasteiger partial charge on any atom is -0.467 e. The summed E-state index contributed by atoms with van der Waals surface area (Å²) in [7, 11) is 2.68. The molecule has 4 heterocycles. The molecule has 1 N–H and O–H groups in total. The van der Waals surface area contributed by atoms with Crippen molar-refractivity contribution in [3.63, 3.8) is 0 Å². The van der Waals surface area contributed by atoms with Gasteiger partial charge in [0.1, 0.15) is 23.9 Å². The monoisotopic (exact) mass is 805 g/mol. The lowest BCUT2D eigenvalue weighted by atomic mass is 9.82. The van der Waals surface area contributed by atoms with E-state index in [1.807, 2.05) is 60.7 Å². The van der Waals surface area contributed by atoms with Gasteiger partial charge in [0.15, 0.2) is 0 Å². The van der Waals surface area contributed by atoms with Gasteiger partial charge in [-0.1, -0.05) is 60.7 Å². The number of Topliss-reactive ketones (excluding diaryl/α,β-unsaturated/α-hetero) is 1. The summed E-state index contributed by atoms with van der Waals surface area (Å²) in [6.07, 6.45) is 7.09. The Morgan fingerprint density at radius 1 is 0.679 bits per heavy atom. The molecular formula is C43H55N3O8S2. The number of thioether (sulfide) groups is 2. The Balaban J connectivity index is 1.20. The summed E-state index contributed by atoms with van der Waals surface area (Å²) in [5.74, 6) is -1.68. The number of rotatable bonds is 14. The number of nitrogens with one attached hydrogen (secondary N) is 1. The summed E-state index contributed by atoms with van der Waals surface area (Å²) in [4.78, 5) is 85.8. The minimum absolute atomic E-state index is 0.0258. The second-order valence-electron chi connectivity index (χ2n) is 15.4. The molecule has 11 nitrogen and oxygen atoms in total. The molecule has 4 saturated heterocycles. The van der Waals surface area contributed by atoms with Crippen LogP contribution in [0.4, 0.5) is 0 Å². The zero-order chi connectivity index (χ0) is 39.6. The van der Waals surface area contributed by atoms with Crippen molar-refractivity contribution in [2.75, 3.05) is 25.7 Å². The molecule has 0 aromatic heterocycles. The van der Waals surface area contributed by atoms with Crippen LogP contribution in [0.3, 0.4) is 0 Å². The van der Waals surface area contributed by atoms with E-state index in [0.717, 1.165) is 42.6 Å². The second-order valence-corrected chi connectivity index (χ2v) is 18.0. The number of hydrogen-bond donors (Lipinski definition) is 1. The fourth-order valence-corrected chi connectivity index (χ4v) is 11.6. The van der Waals surface area contributed by atoms with Crippen LogP contribution in [0.25, 0.3) is 0 Å². The lowest BCUT2D eigenvalue weighted by molar-refractivity contribution is -0.157. The summed E-state index contributed by atoms with van der Waals surface area (Å²) < 4.78 is 10.2. The number of ketones is 1. The zero-order valence-electron chi connectivity index (χ0n) is 32.5. The molecule has 3 amide bonds. The molecule has 2 aromatic rings. The molecule has 4 aliphatic heterocycles. The highest BCUT2D eigenvalue weighted by molar-refractivity contribution is 8.00. The first-order valence-corrected chi connectivity index (χ1v) is 22.2. The normalized spacial score (nSPS) is 26.4. The Bertz CT molecular complexity index is 1570. The number of ether oxygens (including phenoxy) is 2. The summed E-state index contributed by atoms with van der Waals surface area (Å²) in [6, 6.07) is 17.4. The summed E-state index contributed by atoms with van der Waals surface area (Å²) in [5.41, 5.74) is 1.97. The van der Waals surface area contributed by atoms with E-state index in [1.54, 1.807) is 33.3 Å². The van der Waals surface area contributed by atoms with Crippen LogP contribution in [0.5, 0.6) is 0 Å². The Labute approximate surface area is 338 Å². The number of methoxy groups -OCH3 is 2. The van der Waals surface area contributed by atoms with Crippen molar-refractivity contribution in [1.29, 1.82) is 0 Å². The molecule has 13 heteroatoms. The predicted molar refractivity (Wildman–Crippen MR) is 216 cm³/mol. The van der Waals surface area contributed by atoms with E-state index in [0.29, 0.717) is 57.1 Å². The number of carbonyl (C=O) groups excluding carboxylic acids is 6. The van der Waals surface area contributed by atoms with Crippen molar-refractivity contribution in [2.24, 2.45) is 17.8 Å². The standard InChI is InChI=1S/C43H55N3O8S2/c1-53-42(51)34-15-9-17-37-45(34)40(49)32(21-23-55-37)27-36(47)30(25-28-11-5-3-6-12-28)19-20-31(26-29-13-7-4-8-14-29)39(48)44-33-22-24-56-38-18-10-16-35(43(52)54-2)46(38)41(33)50/h3-8,11-14,30-35,37-38H,9-10,15-27H2,1-2H3,(H,44,48)/t30-,31-,32-,33+,34+,35+,37+,38+/m1/s1. The van der Waals surface area contributed by atoms with E-state index >= 15 is 0 Å². The first-order valence-electron chi connectivity index (χ1n) is 20.1. The second kappa shape index (κ2) is 20.0. The Morgan fingerprint density at radius 3 is 1.73 bits per heavy atom. The highest BCUT2D eigenvalue weighted by Crippen LogP contribution is 2.38. The Morgan fingerprint density at radius 2 is 1.18 bits per heavy atom. The summed E-state index contributed by atoms with van der Waals surface area (Å²) >= 11 is 3.32. The van der Waals surface area contributed by atoms with Crippen molar-refractivity contribution in [1.82, 2.24) is 15.1 Å². The van der Waals surface area contributed by atoms with E-state index in [2.05, 4.69) is 5.32 Å². The highest BCUT2D eigenvalue weighted by atomic mass is 32.2. The summed E-state index contributed by atoms with van der Waals surface area (Å²) in [5, 5.41) is 2.85. The molecule has 0 bridgehead atoms. The highest BCUT2D eigenvalue weighted by Gasteiger charge is 2.45. The van der Waals surface area contributed by atoms with Crippen LogP contribution in [0.2, 0.25) is 0 Å². The topological polar surface area (TPSA) is 139 Å². The lowest BCUT2D eigenvalue weighted by Crippen LogP contribution is -2.57. The third kappa shape index (κ3) is 10.2. The lowest BCUT2D eigenvalue weighted by Gasteiger charge is -2.40. The van der Waals surface area contributed by atoms with Crippen LogP contribution in [0.15, 0.2) is 60.7 Å². The molecule has 0 saturated carbocycles. The van der Waals surface area contributed by atoms with Crippen molar-refractivity contribution in [3.8, 4) is 0 Å². The molecule has 8 atom stereocenters. The van der Waals surface area contributed by atoms with Gasteiger partial charge in [0, 0.05) is 24.2 Å². The SMILES string of the molecule is COC(=O)[C@@H]1CCC[C@@H]2SCC[C@H](CC(=O)[C@H](CC[C@H](Cc3ccccc3)C(=O)N[C@H]3CCS[C@H]4CCC[C@@H](C(=O)OC)N4C3=O)Cc3ccccc3)C(=O)N21. The molecule has 4 fully saturated rings. The van der Waals surface area contributed by atoms with Crippen LogP contribution in [0.1, 0.15) is 81.8 Å². The smallest absolute Gasteiger partial charge is 0.328 e. The number of esters is 2. The van der Waals surface area contributed by atoms with Gasteiger partial charge in [-0.25, -0.2) is 9.59 Å². The molecule has 4 aliphatic rings. The number of benzene rings is 2. The molecule has 0 radical (unpaired) electrons. The molecule has 0 aliphatic carbocycles. The Hall–Kier alpha value is -3.84. The van der Waals surface area contributed by atoms with Gasteiger partial charge in [0.05, 0.1) is 25.0 Å². The largest absolute Gasteiger partial charge is 0.467 e. The maximum Gasteiger partial charge on any atom is 0.328 e. The molecule has 6 rings (SSSR count). The predicted octanol–water partition coefficient (Wildman–Crippen LogP) is 5.58. The number of nitrogens with zero attached hydrogens (tertiary/aromatic N) is 2.